The predicted octanol–water partition coefficient (Wildman–Crippen LogP) is 5.51. The second-order valence-corrected chi connectivity index (χ2v) is 13.2. The molecule has 38 heavy (non-hydrogen) atoms. The second-order valence-electron chi connectivity index (χ2n) is 13.2. The van der Waals surface area contributed by atoms with Crippen LogP contribution < -0.4 is 15.4 Å². The molecule has 4 aliphatic carbocycles. The first kappa shape index (κ1) is 26.6. The second kappa shape index (κ2) is 9.93. The highest BCUT2D eigenvalue weighted by molar-refractivity contribution is 5.94. The van der Waals surface area contributed by atoms with E-state index in [1.54, 1.807) is 16.7 Å². The van der Waals surface area contributed by atoms with Crippen LogP contribution >= 0.6 is 0 Å². The molecule has 2 aromatic rings. The average molecular weight is 522 g/mol. The molecule has 0 saturated heterocycles. The Kier molecular flexibility index (Phi) is 6.95. The maximum atomic E-state index is 13.5. The number of nitrogens with zero attached hydrogens (tertiary/aromatic N) is 3. The van der Waals surface area contributed by atoms with Gasteiger partial charge in [-0.2, -0.15) is 5.10 Å². The Morgan fingerprint density at radius 3 is 2.16 bits per heavy atom. The van der Waals surface area contributed by atoms with Crippen LogP contribution in [-0.2, 0) is 10.2 Å². The fourth-order valence-electron chi connectivity index (χ4n) is 7.15. The van der Waals surface area contributed by atoms with E-state index in [4.69, 9.17) is 9.84 Å². The summed E-state index contributed by atoms with van der Waals surface area (Å²) in [5.74, 6) is 3.32. The largest absolute Gasteiger partial charge is 0.497 e. The zero-order chi connectivity index (χ0) is 27.2. The van der Waals surface area contributed by atoms with Crippen LogP contribution in [0.5, 0.6) is 5.75 Å². The van der Waals surface area contributed by atoms with Gasteiger partial charge in [0, 0.05) is 23.1 Å². The minimum absolute atomic E-state index is 0.0193. The van der Waals surface area contributed by atoms with E-state index in [2.05, 4.69) is 31.4 Å². The van der Waals surface area contributed by atoms with Gasteiger partial charge >= 0.3 is 6.03 Å². The van der Waals surface area contributed by atoms with Gasteiger partial charge in [0.25, 0.3) is 0 Å². The fourth-order valence-corrected chi connectivity index (χ4v) is 7.15. The minimum Gasteiger partial charge on any atom is -0.497 e. The normalized spacial score (nSPS) is 25.9. The number of nitrogens with one attached hydrogen (secondary N) is 2. The molecule has 0 radical (unpaired) electrons. The number of aromatic nitrogens is 2. The van der Waals surface area contributed by atoms with Crippen molar-refractivity contribution in [3.8, 4) is 11.4 Å². The highest BCUT2D eigenvalue weighted by Crippen LogP contribution is 2.55. The van der Waals surface area contributed by atoms with Gasteiger partial charge in [0.05, 0.1) is 18.5 Å². The lowest BCUT2D eigenvalue weighted by Gasteiger charge is -2.57. The van der Waals surface area contributed by atoms with Crippen LogP contribution in [0.15, 0.2) is 30.3 Å². The summed E-state index contributed by atoms with van der Waals surface area (Å²) in [5, 5.41) is 11.3. The summed E-state index contributed by atoms with van der Waals surface area (Å²) >= 11 is 0. The van der Waals surface area contributed by atoms with Crippen LogP contribution in [0.2, 0.25) is 0 Å². The molecule has 4 saturated carbocycles. The van der Waals surface area contributed by atoms with Crippen LogP contribution in [0.25, 0.3) is 5.69 Å². The van der Waals surface area contributed by atoms with Gasteiger partial charge in [-0.15, -0.1) is 0 Å². The zero-order valence-corrected chi connectivity index (χ0v) is 23.7. The Labute approximate surface area is 226 Å². The number of urea groups is 1. The van der Waals surface area contributed by atoms with E-state index >= 15 is 0 Å². The monoisotopic (exact) mass is 521 g/mol. The number of hydrogen-bond acceptors (Lipinski definition) is 4. The van der Waals surface area contributed by atoms with E-state index in [1.165, 1.54) is 19.3 Å². The maximum absolute atomic E-state index is 13.5. The van der Waals surface area contributed by atoms with E-state index in [9.17, 15) is 9.59 Å². The number of methoxy groups -OCH3 is 1. The molecule has 4 bridgehead atoms. The molecule has 2 N–H and O–H groups in total. The standard InChI is InChI=1S/C30H43N5O3/c1-19(2)34(28(37)32-30-15-20-11-21(16-30)13-22(12-20)17-30)18-27(36)31-26-14-25(29(3,4)5)33-35(26)23-7-9-24(38-6)10-8-23/h7-10,14,19-22H,11-13,15-18H2,1-6H3,(H,31,36)(H,32,37). The van der Waals surface area contributed by atoms with Gasteiger partial charge in [-0.25, -0.2) is 9.48 Å². The summed E-state index contributed by atoms with van der Waals surface area (Å²) in [7, 11) is 1.63. The molecule has 0 unspecified atom stereocenters. The lowest BCUT2D eigenvalue weighted by atomic mass is 9.53. The molecule has 0 atom stereocenters. The Morgan fingerprint density at radius 2 is 1.66 bits per heavy atom. The topological polar surface area (TPSA) is 88.5 Å². The van der Waals surface area contributed by atoms with E-state index in [1.807, 2.05) is 44.2 Å². The molecule has 0 spiro atoms. The van der Waals surface area contributed by atoms with Crippen molar-refractivity contribution in [2.45, 2.75) is 90.1 Å². The summed E-state index contributed by atoms with van der Waals surface area (Å²) in [6.07, 6.45) is 7.22. The highest BCUT2D eigenvalue weighted by atomic mass is 16.5. The lowest BCUT2D eigenvalue weighted by Crippen LogP contribution is -2.62. The van der Waals surface area contributed by atoms with Crippen molar-refractivity contribution in [2.75, 3.05) is 19.0 Å². The smallest absolute Gasteiger partial charge is 0.318 e. The molecule has 1 aromatic heterocycles. The van der Waals surface area contributed by atoms with Crippen LogP contribution in [-0.4, -0.2) is 51.9 Å². The first-order valence-electron chi connectivity index (χ1n) is 14.1. The number of ether oxygens (including phenoxy) is 1. The molecule has 4 aliphatic rings. The van der Waals surface area contributed by atoms with E-state index in [-0.39, 0.29) is 35.5 Å². The molecule has 206 valence electrons. The number of hydrogen-bond donors (Lipinski definition) is 2. The molecule has 8 nitrogen and oxygen atoms in total. The van der Waals surface area contributed by atoms with E-state index in [0.29, 0.717) is 5.82 Å². The quantitative estimate of drug-likeness (QED) is 0.503. The van der Waals surface area contributed by atoms with Gasteiger partial charge in [-0.05, 0) is 94.4 Å². The van der Waals surface area contributed by atoms with Crippen LogP contribution in [0.1, 0.15) is 78.8 Å². The van der Waals surface area contributed by atoms with Crippen LogP contribution in [0, 0.1) is 17.8 Å². The Balaban J connectivity index is 1.31. The van der Waals surface area contributed by atoms with Crippen molar-refractivity contribution in [1.82, 2.24) is 20.0 Å². The predicted molar refractivity (Wildman–Crippen MR) is 149 cm³/mol. The summed E-state index contributed by atoms with van der Waals surface area (Å²) in [6, 6.07) is 9.24. The molecule has 3 amide bonds. The van der Waals surface area contributed by atoms with Crippen molar-refractivity contribution in [1.29, 1.82) is 0 Å². The SMILES string of the molecule is COc1ccc(-n2nc(C(C)(C)C)cc2NC(=O)CN(C(=O)NC23CC4CC(CC(C4)C2)C3)C(C)C)cc1. The number of benzene rings is 1. The number of carbonyl (C=O) groups excluding carboxylic acids is 2. The molecule has 6 rings (SSSR count). The summed E-state index contributed by atoms with van der Waals surface area (Å²) in [4.78, 5) is 28.6. The van der Waals surface area contributed by atoms with Gasteiger partial charge < -0.3 is 20.3 Å². The highest BCUT2D eigenvalue weighted by Gasteiger charge is 2.52. The van der Waals surface area contributed by atoms with Gasteiger partial charge in [0.15, 0.2) is 0 Å². The number of rotatable bonds is 7. The molecular weight excluding hydrogens is 478 g/mol. The Hall–Kier alpha value is -3.03. The Bertz CT molecular complexity index is 1140. The van der Waals surface area contributed by atoms with Crippen LogP contribution in [0.4, 0.5) is 10.6 Å². The van der Waals surface area contributed by atoms with Gasteiger partial charge in [0.2, 0.25) is 5.91 Å². The van der Waals surface area contributed by atoms with Crippen molar-refractivity contribution in [2.24, 2.45) is 17.8 Å². The summed E-state index contributed by atoms with van der Waals surface area (Å²) < 4.78 is 7.04. The first-order valence-corrected chi connectivity index (χ1v) is 14.1. The zero-order valence-electron chi connectivity index (χ0n) is 23.7. The average Bonchev–Trinajstić information content (AvgIpc) is 3.25. The first-order chi connectivity index (χ1) is 17.9. The third-order valence-corrected chi connectivity index (χ3v) is 8.67. The van der Waals surface area contributed by atoms with Crippen molar-refractivity contribution >= 4 is 17.8 Å². The third kappa shape index (κ3) is 5.40. The van der Waals surface area contributed by atoms with E-state index < -0.39 is 0 Å². The third-order valence-electron chi connectivity index (χ3n) is 8.67. The summed E-state index contributed by atoms with van der Waals surface area (Å²) in [6.45, 7) is 10.2. The molecular formula is C30H43N5O3. The van der Waals surface area contributed by atoms with Crippen molar-refractivity contribution in [3.63, 3.8) is 0 Å². The number of anilines is 1. The minimum atomic E-state index is -0.241. The fraction of sp³-hybridized carbons (Fsp3) is 0.633. The van der Waals surface area contributed by atoms with Gasteiger partial charge in [0.1, 0.15) is 18.1 Å². The molecule has 4 fully saturated rings. The Morgan fingerprint density at radius 1 is 1.08 bits per heavy atom. The molecule has 1 heterocycles. The van der Waals surface area contributed by atoms with Crippen LogP contribution in [0.3, 0.4) is 0 Å². The molecule has 8 heteroatoms. The number of carbonyl (C=O) groups is 2. The van der Waals surface area contributed by atoms with E-state index in [0.717, 1.165) is 54.1 Å². The molecule has 0 aliphatic heterocycles. The summed E-state index contributed by atoms with van der Waals surface area (Å²) in [5.41, 5.74) is 1.39. The maximum Gasteiger partial charge on any atom is 0.318 e. The van der Waals surface area contributed by atoms with Gasteiger partial charge in [-0.3, -0.25) is 4.79 Å². The number of amides is 3. The van der Waals surface area contributed by atoms with Crippen molar-refractivity contribution in [3.05, 3.63) is 36.0 Å². The van der Waals surface area contributed by atoms with Gasteiger partial charge in [-0.1, -0.05) is 20.8 Å². The lowest BCUT2D eigenvalue weighted by molar-refractivity contribution is -0.117. The van der Waals surface area contributed by atoms with Crippen molar-refractivity contribution < 1.29 is 14.3 Å². The molecule has 1 aromatic carbocycles.